The van der Waals surface area contributed by atoms with E-state index in [2.05, 4.69) is 10.4 Å². The number of aromatic nitrogens is 2. The van der Waals surface area contributed by atoms with Crippen LogP contribution in [-0.4, -0.2) is 45.4 Å². The molecule has 0 bridgehead atoms. The molecule has 3 rings (SSSR count). The minimum Gasteiger partial charge on any atom is -0.484 e. The van der Waals surface area contributed by atoms with E-state index in [9.17, 15) is 9.59 Å². The fourth-order valence-corrected chi connectivity index (χ4v) is 3.11. The summed E-state index contributed by atoms with van der Waals surface area (Å²) in [6, 6.07) is 6.77. The van der Waals surface area contributed by atoms with E-state index in [1.54, 1.807) is 40.9 Å². The number of halogens is 1. The summed E-state index contributed by atoms with van der Waals surface area (Å²) in [5.74, 6) is 0.783. The topological polar surface area (TPSA) is 85.7 Å². The highest BCUT2D eigenvalue weighted by atomic mass is 35.5. The molecule has 0 atom stereocenters. The number of nitrogens with one attached hydrogen (secondary N) is 1. The number of hydrogen-bond donors (Lipinski definition) is 1. The third kappa shape index (κ3) is 5.41. The molecule has 1 N–H and O–H groups in total. The van der Waals surface area contributed by atoms with Crippen LogP contribution in [0.15, 0.2) is 24.3 Å². The highest BCUT2D eigenvalue weighted by Gasteiger charge is 2.30. The van der Waals surface area contributed by atoms with Crippen LogP contribution < -0.4 is 10.1 Å². The monoisotopic (exact) mass is 420 g/mol. The zero-order chi connectivity index (χ0) is 21.2. The van der Waals surface area contributed by atoms with Gasteiger partial charge in [-0.2, -0.15) is 5.10 Å². The number of carbonyl (C=O) groups excluding carboxylic acids is 2. The molecule has 0 unspecified atom stereocenters. The molecule has 2 heterocycles. The summed E-state index contributed by atoms with van der Waals surface area (Å²) >= 11 is 5.84. The lowest BCUT2D eigenvalue weighted by molar-refractivity contribution is -0.118. The average molecular weight is 421 g/mol. The first-order valence-electron chi connectivity index (χ1n) is 9.33. The van der Waals surface area contributed by atoms with Gasteiger partial charge >= 0.3 is 6.09 Å². The molecule has 0 saturated carbocycles. The molecule has 8 nitrogen and oxygen atoms in total. The Morgan fingerprint density at radius 1 is 1.24 bits per heavy atom. The van der Waals surface area contributed by atoms with Crippen molar-refractivity contribution in [3.05, 3.63) is 40.5 Å². The molecular formula is C20H25ClN4O4. The number of fused-ring (bicyclic) bond motifs is 1. The number of carbonyl (C=O) groups is 2. The van der Waals surface area contributed by atoms with Crippen LogP contribution in [0.5, 0.6) is 5.75 Å². The van der Waals surface area contributed by atoms with Gasteiger partial charge in [0, 0.05) is 30.6 Å². The van der Waals surface area contributed by atoms with Gasteiger partial charge in [0.2, 0.25) is 0 Å². The molecular weight excluding hydrogens is 396 g/mol. The Balaban J connectivity index is 1.65. The lowest BCUT2D eigenvalue weighted by Crippen LogP contribution is -2.40. The van der Waals surface area contributed by atoms with E-state index in [-0.39, 0.29) is 18.6 Å². The first kappa shape index (κ1) is 21.0. The molecule has 29 heavy (non-hydrogen) atoms. The normalized spacial score (nSPS) is 13.6. The predicted molar refractivity (Wildman–Crippen MR) is 109 cm³/mol. The summed E-state index contributed by atoms with van der Waals surface area (Å²) < 4.78 is 12.6. The van der Waals surface area contributed by atoms with E-state index in [1.807, 2.05) is 20.8 Å². The molecule has 0 radical (unpaired) electrons. The number of ether oxygens (including phenoxy) is 2. The molecule has 1 aliphatic rings. The van der Waals surface area contributed by atoms with Crippen LogP contribution in [0.4, 0.5) is 10.6 Å². The van der Waals surface area contributed by atoms with Crippen LogP contribution in [0.2, 0.25) is 5.02 Å². The van der Waals surface area contributed by atoms with E-state index in [1.165, 1.54) is 0 Å². The third-order valence-electron chi connectivity index (χ3n) is 4.29. The number of nitrogens with zero attached hydrogens (tertiary/aromatic N) is 3. The number of aryl methyl sites for hydroxylation is 1. The van der Waals surface area contributed by atoms with Crippen molar-refractivity contribution in [3.63, 3.8) is 0 Å². The van der Waals surface area contributed by atoms with Crippen molar-refractivity contribution < 1.29 is 19.1 Å². The van der Waals surface area contributed by atoms with E-state index < -0.39 is 5.60 Å². The summed E-state index contributed by atoms with van der Waals surface area (Å²) in [5.41, 5.74) is 1.10. The van der Waals surface area contributed by atoms with Crippen LogP contribution >= 0.6 is 11.6 Å². The Kier molecular flexibility index (Phi) is 6.02. The van der Waals surface area contributed by atoms with Crippen molar-refractivity contribution in [2.45, 2.75) is 39.3 Å². The van der Waals surface area contributed by atoms with Gasteiger partial charge in [-0.15, -0.1) is 0 Å². The van der Waals surface area contributed by atoms with E-state index in [0.717, 1.165) is 11.3 Å². The van der Waals surface area contributed by atoms with E-state index in [0.29, 0.717) is 36.1 Å². The zero-order valence-electron chi connectivity index (χ0n) is 17.0. The zero-order valence-corrected chi connectivity index (χ0v) is 17.7. The van der Waals surface area contributed by atoms with Gasteiger partial charge in [0.05, 0.1) is 12.2 Å². The minimum absolute atomic E-state index is 0.155. The maximum absolute atomic E-state index is 12.4. The Morgan fingerprint density at radius 2 is 1.93 bits per heavy atom. The molecule has 0 spiro atoms. The highest BCUT2D eigenvalue weighted by molar-refractivity contribution is 6.30. The summed E-state index contributed by atoms with van der Waals surface area (Å²) in [7, 11) is 1.76. The summed E-state index contributed by atoms with van der Waals surface area (Å²) in [6.45, 7) is 6.18. The SMILES string of the molecule is Cn1nc2c(c1NC(=O)COc1ccc(Cl)cc1)CN(C(=O)OC(C)(C)C)CC2. The Bertz CT molecular complexity index is 902. The molecule has 0 aliphatic carbocycles. The second-order valence-corrected chi connectivity index (χ2v) is 8.28. The maximum atomic E-state index is 12.4. The number of benzene rings is 1. The van der Waals surface area contributed by atoms with Gasteiger partial charge in [-0.25, -0.2) is 4.79 Å². The molecule has 1 aromatic heterocycles. The molecule has 1 aromatic carbocycles. The van der Waals surface area contributed by atoms with Gasteiger partial charge in [0.25, 0.3) is 5.91 Å². The van der Waals surface area contributed by atoms with Crippen LogP contribution in [-0.2, 0) is 29.5 Å². The standard InChI is InChI=1S/C20H25ClN4O4/c1-20(2,3)29-19(27)25-10-9-16-15(11-25)18(24(4)23-16)22-17(26)12-28-14-7-5-13(21)6-8-14/h5-8H,9-12H2,1-4H3,(H,22,26). The predicted octanol–water partition coefficient (Wildman–Crippen LogP) is 3.38. The number of hydrogen-bond acceptors (Lipinski definition) is 5. The smallest absolute Gasteiger partial charge is 0.410 e. The number of rotatable bonds is 4. The lowest BCUT2D eigenvalue weighted by atomic mass is 10.1. The fraction of sp³-hybridized carbons (Fsp3) is 0.450. The Hall–Kier alpha value is -2.74. The van der Waals surface area contributed by atoms with Gasteiger partial charge in [0.1, 0.15) is 17.2 Å². The minimum atomic E-state index is -0.567. The molecule has 2 amide bonds. The van der Waals surface area contributed by atoms with Crippen molar-refractivity contribution >= 4 is 29.4 Å². The van der Waals surface area contributed by atoms with Gasteiger partial charge in [-0.3, -0.25) is 9.48 Å². The van der Waals surface area contributed by atoms with Gasteiger partial charge in [0.15, 0.2) is 6.61 Å². The second kappa shape index (κ2) is 8.32. The highest BCUT2D eigenvalue weighted by Crippen LogP contribution is 2.27. The molecule has 0 saturated heterocycles. The number of amides is 2. The lowest BCUT2D eigenvalue weighted by Gasteiger charge is -2.29. The molecule has 0 fully saturated rings. The van der Waals surface area contributed by atoms with Gasteiger partial charge in [-0.1, -0.05) is 11.6 Å². The Labute approximate surface area is 174 Å². The Morgan fingerprint density at radius 3 is 2.59 bits per heavy atom. The van der Waals surface area contributed by atoms with Gasteiger partial charge in [-0.05, 0) is 45.0 Å². The van der Waals surface area contributed by atoms with Crippen molar-refractivity contribution in [3.8, 4) is 5.75 Å². The van der Waals surface area contributed by atoms with Gasteiger partial charge < -0.3 is 19.7 Å². The van der Waals surface area contributed by atoms with Crippen molar-refractivity contribution in [2.75, 3.05) is 18.5 Å². The fourth-order valence-electron chi connectivity index (χ4n) is 2.99. The first-order chi connectivity index (χ1) is 13.6. The van der Waals surface area contributed by atoms with Crippen molar-refractivity contribution in [2.24, 2.45) is 7.05 Å². The third-order valence-corrected chi connectivity index (χ3v) is 4.54. The van der Waals surface area contributed by atoms with Crippen LogP contribution in [0.1, 0.15) is 32.0 Å². The molecule has 156 valence electrons. The van der Waals surface area contributed by atoms with E-state index in [4.69, 9.17) is 21.1 Å². The van der Waals surface area contributed by atoms with E-state index >= 15 is 0 Å². The van der Waals surface area contributed by atoms with Crippen molar-refractivity contribution in [1.29, 1.82) is 0 Å². The molecule has 9 heteroatoms. The largest absolute Gasteiger partial charge is 0.484 e. The quantitative estimate of drug-likeness (QED) is 0.819. The summed E-state index contributed by atoms with van der Waals surface area (Å²) in [4.78, 5) is 26.4. The summed E-state index contributed by atoms with van der Waals surface area (Å²) in [5, 5.41) is 7.90. The molecule has 1 aliphatic heterocycles. The van der Waals surface area contributed by atoms with Crippen molar-refractivity contribution in [1.82, 2.24) is 14.7 Å². The number of anilines is 1. The average Bonchev–Trinajstić information content (AvgIpc) is 2.94. The summed E-state index contributed by atoms with van der Waals surface area (Å²) in [6.07, 6.45) is 0.217. The molecule has 2 aromatic rings. The maximum Gasteiger partial charge on any atom is 0.410 e. The van der Waals surface area contributed by atoms with Crippen LogP contribution in [0, 0.1) is 0 Å². The second-order valence-electron chi connectivity index (χ2n) is 7.84. The van der Waals surface area contributed by atoms with Crippen LogP contribution in [0.3, 0.4) is 0 Å². The first-order valence-corrected chi connectivity index (χ1v) is 9.71. The van der Waals surface area contributed by atoms with Crippen LogP contribution in [0.25, 0.3) is 0 Å².